The van der Waals surface area contributed by atoms with Crippen molar-refractivity contribution in [1.82, 2.24) is 0 Å². The zero-order chi connectivity index (χ0) is 7.49. The lowest BCUT2D eigenvalue weighted by Gasteiger charge is -2.28. The molecule has 1 atom stereocenters. The van der Waals surface area contributed by atoms with Crippen LogP contribution in [0.15, 0.2) is 0 Å². The molecule has 0 saturated heterocycles. The number of rotatable bonds is 3. The fraction of sp³-hybridized carbons (Fsp3) is 1.00. The maximum Gasteiger partial charge on any atom is 0.129 e. The molecule has 52 valence electrons. The van der Waals surface area contributed by atoms with Gasteiger partial charge in [-0.25, -0.2) is 0 Å². The van der Waals surface area contributed by atoms with Gasteiger partial charge in [-0.05, 0) is 0 Å². The van der Waals surface area contributed by atoms with Gasteiger partial charge in [0.15, 0.2) is 0 Å². The highest BCUT2D eigenvalue weighted by Crippen LogP contribution is 2.32. The summed E-state index contributed by atoms with van der Waals surface area (Å²) in [6, 6.07) is 0. The van der Waals surface area contributed by atoms with E-state index in [9.17, 15) is 0 Å². The van der Waals surface area contributed by atoms with Gasteiger partial charge in [0.05, 0.1) is 0 Å². The van der Waals surface area contributed by atoms with E-state index >= 15 is 0 Å². The van der Waals surface area contributed by atoms with E-state index in [2.05, 4.69) is 44.0 Å². The van der Waals surface area contributed by atoms with Gasteiger partial charge in [-0.1, -0.05) is 50.7 Å². The van der Waals surface area contributed by atoms with E-state index in [0.717, 1.165) is 5.92 Å². The fourth-order valence-electron chi connectivity index (χ4n) is 0.805. The maximum atomic E-state index is 2.90. The molecule has 0 aliphatic carbocycles. The first-order valence-electron chi connectivity index (χ1n) is 3.77. The van der Waals surface area contributed by atoms with Crippen LogP contribution in [0.1, 0.15) is 40.5 Å². The Hall–Kier alpha value is 0.532. The summed E-state index contributed by atoms with van der Waals surface area (Å²) in [5.74, 6) is 0.826. The Morgan fingerprint density at radius 2 is 1.89 bits per heavy atom. The van der Waals surface area contributed by atoms with Crippen LogP contribution in [0.2, 0.25) is 4.28 Å². The summed E-state index contributed by atoms with van der Waals surface area (Å²) in [5, 5.41) is 0. The fourth-order valence-corrected chi connectivity index (χ4v) is 0.972. The van der Waals surface area contributed by atoms with Crippen LogP contribution in [0.3, 0.4) is 0 Å². The second-order valence-electron chi connectivity index (χ2n) is 3.51. The highest BCUT2D eigenvalue weighted by molar-refractivity contribution is 6.14. The topological polar surface area (TPSA) is 0 Å². The zero-order valence-corrected chi connectivity index (χ0v) is 8.22. The molecule has 0 aliphatic heterocycles. The molecular weight excluding hydrogens is 123 g/mol. The average molecular weight is 140 g/mol. The van der Waals surface area contributed by atoms with Crippen molar-refractivity contribution in [3.05, 3.63) is 0 Å². The molecule has 0 N–H and O–H groups in total. The lowest BCUT2D eigenvalue weighted by atomic mass is 9.92. The van der Waals surface area contributed by atoms with Gasteiger partial charge in [0.2, 0.25) is 0 Å². The minimum atomic E-state index is 0.427. The molecule has 0 nitrogen and oxygen atoms in total. The number of hydrogen-bond donors (Lipinski definition) is 0. The third kappa shape index (κ3) is 4.01. The molecule has 1 heteroatoms. The van der Waals surface area contributed by atoms with Crippen molar-refractivity contribution in [2.45, 2.75) is 44.8 Å². The van der Waals surface area contributed by atoms with Gasteiger partial charge in [0.25, 0.3) is 0 Å². The normalized spacial score (nSPS) is 15.6. The van der Waals surface area contributed by atoms with E-state index in [1.165, 1.54) is 12.8 Å². The molecule has 1 unspecified atom stereocenters. The molecule has 0 rings (SSSR count). The van der Waals surface area contributed by atoms with Crippen molar-refractivity contribution in [1.29, 1.82) is 0 Å². The number of hydrogen-bond acceptors (Lipinski definition) is 0. The SMILES string of the molecule is CCCC(C)[C](C)(C)[Al]. The van der Waals surface area contributed by atoms with Crippen LogP contribution in [-0.4, -0.2) is 16.3 Å². The van der Waals surface area contributed by atoms with Crippen LogP contribution in [0, 0.1) is 5.92 Å². The van der Waals surface area contributed by atoms with Gasteiger partial charge in [-0.2, -0.15) is 0 Å². The van der Waals surface area contributed by atoms with Gasteiger partial charge in [0, 0.05) is 0 Å². The van der Waals surface area contributed by atoms with Crippen molar-refractivity contribution in [2.75, 3.05) is 0 Å². The zero-order valence-electron chi connectivity index (χ0n) is 7.07. The average Bonchev–Trinajstić information content (AvgIpc) is 1.64. The van der Waals surface area contributed by atoms with Gasteiger partial charge < -0.3 is 0 Å². The van der Waals surface area contributed by atoms with E-state index in [-0.39, 0.29) is 0 Å². The Morgan fingerprint density at radius 3 is 2.00 bits per heavy atom. The molecule has 0 saturated carbocycles. The monoisotopic (exact) mass is 140 g/mol. The molecule has 0 heterocycles. The minimum absolute atomic E-state index is 0.427. The van der Waals surface area contributed by atoms with Crippen molar-refractivity contribution in [2.24, 2.45) is 5.92 Å². The smallest absolute Gasteiger partial charge is 0.0996 e. The molecule has 0 bridgehead atoms. The highest BCUT2D eigenvalue weighted by Gasteiger charge is 2.16. The largest absolute Gasteiger partial charge is 0.129 e. The van der Waals surface area contributed by atoms with Crippen LogP contribution in [-0.2, 0) is 0 Å². The quantitative estimate of drug-likeness (QED) is 0.529. The van der Waals surface area contributed by atoms with Crippen molar-refractivity contribution in [3.63, 3.8) is 0 Å². The molecule has 0 aromatic heterocycles. The lowest BCUT2D eigenvalue weighted by molar-refractivity contribution is 0.408. The van der Waals surface area contributed by atoms with Crippen LogP contribution < -0.4 is 0 Å². The molecule has 0 fully saturated rings. The van der Waals surface area contributed by atoms with Crippen LogP contribution in [0.25, 0.3) is 0 Å². The summed E-state index contributed by atoms with van der Waals surface area (Å²) >= 11 is 2.90. The summed E-state index contributed by atoms with van der Waals surface area (Å²) in [5.41, 5.74) is 0. The highest BCUT2D eigenvalue weighted by atomic mass is 27.0. The Morgan fingerprint density at radius 1 is 1.44 bits per heavy atom. The van der Waals surface area contributed by atoms with E-state index in [4.69, 9.17) is 0 Å². The van der Waals surface area contributed by atoms with Crippen LogP contribution >= 0.6 is 0 Å². The molecule has 0 aromatic rings. The third-order valence-electron chi connectivity index (χ3n) is 1.99. The Balaban J connectivity index is 3.59. The first kappa shape index (κ1) is 9.53. The Kier molecular flexibility index (Phi) is 3.86. The van der Waals surface area contributed by atoms with Gasteiger partial charge in [0.1, 0.15) is 16.3 Å². The van der Waals surface area contributed by atoms with Gasteiger partial charge >= 0.3 is 0 Å². The lowest BCUT2D eigenvalue weighted by Crippen LogP contribution is -2.13. The minimum Gasteiger partial charge on any atom is -0.0996 e. The third-order valence-corrected chi connectivity index (χ3v) is 2.56. The standard InChI is InChI=1S/C8H17.Al/c1-5-6-8(4)7(2)3;/h8H,5-6H2,1-4H3;. The molecule has 0 amide bonds. The maximum absolute atomic E-state index is 2.90. The van der Waals surface area contributed by atoms with Crippen LogP contribution in [0.5, 0.6) is 0 Å². The molecule has 0 aromatic carbocycles. The summed E-state index contributed by atoms with van der Waals surface area (Å²) in [6.07, 6.45) is 2.65. The van der Waals surface area contributed by atoms with E-state index < -0.39 is 0 Å². The molecular formula is C8H17Al. The molecule has 9 heavy (non-hydrogen) atoms. The van der Waals surface area contributed by atoms with Crippen molar-refractivity contribution < 1.29 is 0 Å². The summed E-state index contributed by atoms with van der Waals surface area (Å²) in [7, 11) is 0. The van der Waals surface area contributed by atoms with Crippen molar-refractivity contribution >= 4 is 16.3 Å². The van der Waals surface area contributed by atoms with Gasteiger partial charge in [-0.3, -0.25) is 0 Å². The van der Waals surface area contributed by atoms with E-state index in [1.807, 2.05) is 0 Å². The van der Waals surface area contributed by atoms with E-state index in [1.54, 1.807) is 0 Å². The molecule has 0 aliphatic rings. The first-order chi connectivity index (χ1) is 3.98. The van der Waals surface area contributed by atoms with Gasteiger partial charge in [-0.15, -0.1) is 0 Å². The van der Waals surface area contributed by atoms with E-state index in [0.29, 0.717) is 4.28 Å². The summed E-state index contributed by atoms with van der Waals surface area (Å²) in [4.78, 5) is 0. The summed E-state index contributed by atoms with van der Waals surface area (Å²) < 4.78 is 0.427. The Bertz CT molecular complexity index is 71.1. The summed E-state index contributed by atoms with van der Waals surface area (Å²) in [6.45, 7) is 9.11. The molecule has 0 spiro atoms. The van der Waals surface area contributed by atoms with Crippen LogP contribution in [0.4, 0.5) is 0 Å². The Labute approximate surface area is 67.5 Å². The predicted molar refractivity (Wildman–Crippen MR) is 43.9 cm³/mol. The second-order valence-corrected chi connectivity index (χ2v) is 5.00. The predicted octanol–water partition coefficient (Wildman–Crippen LogP) is 2.79. The second kappa shape index (κ2) is 3.64. The molecule has 2 radical (unpaired) electrons. The first-order valence-corrected chi connectivity index (χ1v) is 4.35. The van der Waals surface area contributed by atoms with Crippen molar-refractivity contribution in [3.8, 4) is 0 Å².